The Hall–Kier alpha value is -3.02. The Morgan fingerprint density at radius 3 is 2.29 bits per heavy atom. The van der Waals surface area contributed by atoms with Crippen LogP contribution >= 0.6 is 0 Å². The smallest absolute Gasteiger partial charge is 0.239 e. The predicted molar refractivity (Wildman–Crippen MR) is 110 cm³/mol. The van der Waals surface area contributed by atoms with E-state index in [9.17, 15) is 9.59 Å². The summed E-state index contributed by atoms with van der Waals surface area (Å²) in [7, 11) is 3.12. The number of carbonyl (C=O) groups is 2. The molecule has 0 aromatic heterocycles. The van der Waals surface area contributed by atoms with Gasteiger partial charge >= 0.3 is 0 Å². The van der Waals surface area contributed by atoms with Gasteiger partial charge in [0.1, 0.15) is 5.41 Å². The average Bonchev–Trinajstić information content (AvgIpc) is 2.71. The van der Waals surface area contributed by atoms with Gasteiger partial charge in [-0.15, -0.1) is 0 Å². The average molecular weight is 384 g/mol. The molecule has 2 aromatic carbocycles. The monoisotopic (exact) mass is 384 g/mol. The first-order valence-electron chi connectivity index (χ1n) is 9.22. The van der Waals surface area contributed by atoms with Crippen molar-refractivity contribution >= 4 is 17.5 Å². The molecule has 0 bridgehead atoms. The van der Waals surface area contributed by atoms with Crippen LogP contribution in [0.1, 0.15) is 31.9 Å². The Bertz CT molecular complexity index is 846. The van der Waals surface area contributed by atoms with Crippen LogP contribution in [0.3, 0.4) is 0 Å². The number of carbonyl (C=O) groups excluding carboxylic acids is 2. The summed E-state index contributed by atoms with van der Waals surface area (Å²) in [4.78, 5) is 25.4. The number of hydrogen-bond acceptors (Lipinski definition) is 4. The van der Waals surface area contributed by atoms with Gasteiger partial charge in [0.15, 0.2) is 11.5 Å². The zero-order chi connectivity index (χ0) is 20.7. The van der Waals surface area contributed by atoms with Crippen molar-refractivity contribution in [1.82, 2.24) is 5.32 Å². The predicted octanol–water partition coefficient (Wildman–Crippen LogP) is 3.55. The Morgan fingerprint density at radius 2 is 1.64 bits per heavy atom. The van der Waals surface area contributed by atoms with Crippen molar-refractivity contribution in [3.63, 3.8) is 0 Å². The normalized spacial score (nSPS) is 10.9. The van der Waals surface area contributed by atoms with E-state index < -0.39 is 5.41 Å². The number of methoxy groups -OCH3 is 2. The lowest BCUT2D eigenvalue weighted by Crippen LogP contribution is -2.45. The Labute approximate surface area is 166 Å². The lowest BCUT2D eigenvalue weighted by molar-refractivity contribution is -0.138. The molecule has 0 aliphatic heterocycles. The number of rotatable bonds is 8. The van der Waals surface area contributed by atoms with Crippen molar-refractivity contribution in [2.75, 3.05) is 19.5 Å². The lowest BCUT2D eigenvalue weighted by Gasteiger charge is -2.23. The summed E-state index contributed by atoms with van der Waals surface area (Å²) < 4.78 is 10.5. The molecule has 0 radical (unpaired) electrons. The van der Waals surface area contributed by atoms with Crippen molar-refractivity contribution in [1.29, 1.82) is 0 Å². The summed E-state index contributed by atoms with van der Waals surface area (Å²) in [6.45, 7) is 5.52. The quantitative estimate of drug-likeness (QED) is 0.683. The van der Waals surface area contributed by atoms with Gasteiger partial charge in [-0.1, -0.05) is 31.2 Å². The van der Waals surface area contributed by atoms with E-state index in [1.807, 2.05) is 37.3 Å². The molecule has 0 fully saturated rings. The Kier molecular flexibility index (Phi) is 7.04. The molecule has 2 rings (SSSR count). The highest BCUT2D eigenvalue weighted by Gasteiger charge is 2.36. The number of nitrogens with one attached hydrogen (secondary N) is 2. The van der Waals surface area contributed by atoms with Crippen LogP contribution in [0.4, 0.5) is 5.69 Å². The number of amides is 2. The highest BCUT2D eigenvalue weighted by Crippen LogP contribution is 2.28. The maximum absolute atomic E-state index is 12.7. The fraction of sp³-hybridized carbons (Fsp3) is 0.364. The second kappa shape index (κ2) is 9.26. The van der Waals surface area contributed by atoms with Crippen LogP contribution in [-0.4, -0.2) is 26.0 Å². The SMILES string of the molecule is CCc1ccccc1NC(=O)C(C)(C)C(=O)NCc1ccc(OC)c(OC)c1. The van der Waals surface area contributed by atoms with Crippen LogP contribution in [0, 0.1) is 5.41 Å². The molecule has 6 nitrogen and oxygen atoms in total. The molecule has 28 heavy (non-hydrogen) atoms. The minimum atomic E-state index is -1.22. The first kappa shape index (κ1) is 21.3. The van der Waals surface area contributed by atoms with Crippen molar-refractivity contribution in [2.24, 2.45) is 5.41 Å². The summed E-state index contributed by atoms with van der Waals surface area (Å²) >= 11 is 0. The largest absolute Gasteiger partial charge is 0.493 e. The van der Waals surface area contributed by atoms with Gasteiger partial charge < -0.3 is 20.1 Å². The standard InChI is InChI=1S/C22H28N2O4/c1-6-16-9-7-8-10-17(16)24-21(26)22(2,3)20(25)23-14-15-11-12-18(27-4)19(13-15)28-5/h7-13H,6,14H2,1-5H3,(H,23,25)(H,24,26). The van der Waals surface area contributed by atoms with Crippen LogP contribution in [0.15, 0.2) is 42.5 Å². The zero-order valence-electron chi connectivity index (χ0n) is 17.1. The minimum Gasteiger partial charge on any atom is -0.493 e. The lowest BCUT2D eigenvalue weighted by atomic mass is 9.90. The first-order valence-corrected chi connectivity index (χ1v) is 9.22. The van der Waals surface area contributed by atoms with Crippen molar-refractivity contribution in [3.8, 4) is 11.5 Å². The molecule has 0 unspecified atom stereocenters. The fourth-order valence-electron chi connectivity index (χ4n) is 2.73. The maximum Gasteiger partial charge on any atom is 0.239 e. The number of para-hydroxylation sites is 1. The number of benzene rings is 2. The van der Waals surface area contributed by atoms with Gasteiger partial charge in [-0.2, -0.15) is 0 Å². The van der Waals surface area contributed by atoms with Crippen molar-refractivity contribution in [2.45, 2.75) is 33.7 Å². The van der Waals surface area contributed by atoms with Gasteiger partial charge in [-0.25, -0.2) is 0 Å². The Balaban J connectivity index is 2.04. The maximum atomic E-state index is 12.7. The van der Waals surface area contributed by atoms with Crippen LogP contribution in [0.5, 0.6) is 11.5 Å². The van der Waals surface area contributed by atoms with E-state index in [-0.39, 0.29) is 18.4 Å². The van der Waals surface area contributed by atoms with Crippen LogP contribution < -0.4 is 20.1 Å². The fourth-order valence-corrected chi connectivity index (χ4v) is 2.73. The molecule has 2 amide bonds. The molecular formula is C22H28N2O4. The molecule has 0 aliphatic rings. The number of aryl methyl sites for hydroxylation is 1. The third-order valence-corrected chi connectivity index (χ3v) is 4.68. The van der Waals surface area contributed by atoms with Crippen LogP contribution in [0.25, 0.3) is 0 Å². The van der Waals surface area contributed by atoms with E-state index in [1.54, 1.807) is 40.2 Å². The van der Waals surface area contributed by atoms with Gasteiger partial charge in [0, 0.05) is 12.2 Å². The van der Waals surface area contributed by atoms with Crippen LogP contribution in [-0.2, 0) is 22.6 Å². The summed E-state index contributed by atoms with van der Waals surface area (Å²) in [5, 5.41) is 5.70. The third-order valence-electron chi connectivity index (χ3n) is 4.68. The molecule has 0 heterocycles. The van der Waals surface area contributed by atoms with Crippen molar-refractivity contribution in [3.05, 3.63) is 53.6 Å². The van der Waals surface area contributed by atoms with Gasteiger partial charge in [0.05, 0.1) is 14.2 Å². The summed E-state index contributed by atoms with van der Waals surface area (Å²) in [6, 6.07) is 13.0. The molecule has 0 atom stereocenters. The molecule has 2 N–H and O–H groups in total. The molecule has 6 heteroatoms. The van der Waals surface area contributed by atoms with Gasteiger partial charge in [0.2, 0.25) is 11.8 Å². The van der Waals surface area contributed by atoms with E-state index >= 15 is 0 Å². The second-order valence-corrected chi connectivity index (χ2v) is 6.96. The molecule has 150 valence electrons. The summed E-state index contributed by atoms with van der Waals surface area (Å²) in [5.74, 6) is 0.501. The number of ether oxygens (including phenoxy) is 2. The van der Waals surface area contributed by atoms with E-state index in [0.717, 1.165) is 23.2 Å². The topological polar surface area (TPSA) is 76.7 Å². The highest BCUT2D eigenvalue weighted by molar-refractivity contribution is 6.10. The third kappa shape index (κ3) is 4.82. The number of anilines is 1. The molecule has 0 saturated carbocycles. The molecule has 2 aromatic rings. The molecule has 0 saturated heterocycles. The summed E-state index contributed by atoms with van der Waals surface area (Å²) in [5.41, 5.74) is 1.38. The van der Waals surface area contributed by atoms with E-state index in [1.165, 1.54) is 0 Å². The molecule has 0 spiro atoms. The Morgan fingerprint density at radius 1 is 0.964 bits per heavy atom. The molecule has 0 aliphatic carbocycles. The van der Waals surface area contributed by atoms with E-state index in [2.05, 4.69) is 10.6 Å². The highest BCUT2D eigenvalue weighted by atomic mass is 16.5. The first-order chi connectivity index (χ1) is 13.3. The van der Waals surface area contributed by atoms with Crippen LogP contribution in [0.2, 0.25) is 0 Å². The van der Waals surface area contributed by atoms with E-state index in [0.29, 0.717) is 11.5 Å². The summed E-state index contributed by atoms with van der Waals surface area (Å²) in [6.07, 6.45) is 0.794. The molecular weight excluding hydrogens is 356 g/mol. The van der Waals surface area contributed by atoms with Gasteiger partial charge in [-0.3, -0.25) is 9.59 Å². The zero-order valence-corrected chi connectivity index (χ0v) is 17.1. The van der Waals surface area contributed by atoms with Crippen molar-refractivity contribution < 1.29 is 19.1 Å². The minimum absolute atomic E-state index is 0.279. The van der Waals surface area contributed by atoms with E-state index in [4.69, 9.17) is 9.47 Å². The second-order valence-electron chi connectivity index (χ2n) is 6.96. The number of hydrogen-bond donors (Lipinski definition) is 2. The van der Waals surface area contributed by atoms with Gasteiger partial charge in [-0.05, 0) is 49.6 Å². The van der Waals surface area contributed by atoms with Gasteiger partial charge in [0.25, 0.3) is 0 Å².